The third-order valence-corrected chi connectivity index (χ3v) is 6.43. The summed E-state index contributed by atoms with van der Waals surface area (Å²) in [7, 11) is 0. The van der Waals surface area contributed by atoms with E-state index in [1.807, 2.05) is 6.92 Å². The molecular weight excluding hydrogens is 560 g/mol. The van der Waals surface area contributed by atoms with Crippen LogP contribution in [0.25, 0.3) is 5.52 Å². The summed E-state index contributed by atoms with van der Waals surface area (Å²) < 4.78 is 2.80. The van der Waals surface area contributed by atoms with Crippen LogP contribution < -0.4 is 22.1 Å². The fraction of sp³-hybridized carbons (Fsp3) is 0.238. The number of hydrogen-bond donors (Lipinski definition) is 4. The van der Waals surface area contributed by atoms with Crippen LogP contribution in [0.1, 0.15) is 27.8 Å². The number of anilines is 1. The Morgan fingerprint density at radius 2 is 1.88 bits per heavy atom. The van der Waals surface area contributed by atoms with E-state index >= 15 is 0 Å². The number of carbonyl (C=O) groups is 3. The lowest BCUT2D eigenvalue weighted by atomic mass is 10.1. The molecule has 0 aliphatic carbocycles. The Morgan fingerprint density at radius 1 is 1.12 bits per heavy atom. The lowest BCUT2D eigenvalue weighted by Gasteiger charge is -2.18. The van der Waals surface area contributed by atoms with Gasteiger partial charge in [0.2, 0.25) is 0 Å². The van der Waals surface area contributed by atoms with Gasteiger partial charge in [-0.25, -0.2) is 9.59 Å². The minimum absolute atomic E-state index is 0.0319. The summed E-state index contributed by atoms with van der Waals surface area (Å²) in [5.74, 6) is -0.761. The topological polar surface area (TPSA) is 142 Å². The first kappa shape index (κ1) is 23.1. The van der Waals surface area contributed by atoms with Gasteiger partial charge < -0.3 is 26.3 Å². The molecule has 2 atom stereocenters. The van der Waals surface area contributed by atoms with E-state index in [0.717, 1.165) is 4.47 Å². The number of nitrogens with zero attached hydrogens (tertiary/aromatic N) is 2. The van der Waals surface area contributed by atoms with E-state index in [9.17, 15) is 19.2 Å². The van der Waals surface area contributed by atoms with Crippen LogP contribution in [0.5, 0.6) is 0 Å². The number of likely N-dealkylation sites (tertiary alicyclic amines) is 1. The van der Waals surface area contributed by atoms with Gasteiger partial charge in [0.05, 0.1) is 22.8 Å². The lowest BCUT2D eigenvalue weighted by molar-refractivity contribution is 0.0775. The molecule has 0 saturated carbocycles. The van der Waals surface area contributed by atoms with Crippen molar-refractivity contribution in [2.75, 3.05) is 18.4 Å². The predicted molar refractivity (Wildman–Crippen MR) is 129 cm³/mol. The number of nitrogens with two attached hydrogens (primary N) is 1. The summed E-state index contributed by atoms with van der Waals surface area (Å²) in [4.78, 5) is 53.8. The molecule has 5 N–H and O–H groups in total. The number of nitrogens with one attached hydrogen (secondary N) is 3. The number of H-pyrrole nitrogens is 1. The highest BCUT2D eigenvalue weighted by Crippen LogP contribution is 2.24. The fourth-order valence-electron chi connectivity index (χ4n) is 3.89. The maximum absolute atomic E-state index is 13.1. The SMILES string of the molecule is C[C@@H]1CN(C(=O)c2cc3cc(Br)cn3c(=O)[nH]2)C[C@H]1NC(=O)c1cc(Br)ccc1NC(N)=O. The normalized spacial score (nSPS) is 17.8. The number of halogens is 2. The molecule has 1 fully saturated rings. The van der Waals surface area contributed by atoms with Crippen molar-refractivity contribution in [2.45, 2.75) is 13.0 Å². The molecule has 1 aliphatic heterocycles. The Balaban J connectivity index is 1.51. The second-order valence-electron chi connectivity index (χ2n) is 7.89. The molecule has 4 rings (SSSR count). The van der Waals surface area contributed by atoms with Crippen LogP contribution >= 0.6 is 31.9 Å². The predicted octanol–water partition coefficient (Wildman–Crippen LogP) is 2.53. The van der Waals surface area contributed by atoms with E-state index in [1.165, 1.54) is 4.40 Å². The van der Waals surface area contributed by atoms with Crippen molar-refractivity contribution >= 4 is 60.9 Å². The van der Waals surface area contributed by atoms with Gasteiger partial charge in [-0.2, -0.15) is 0 Å². The van der Waals surface area contributed by atoms with Crippen LogP contribution in [-0.4, -0.2) is 51.3 Å². The van der Waals surface area contributed by atoms with Crippen molar-refractivity contribution in [1.29, 1.82) is 0 Å². The van der Waals surface area contributed by atoms with Gasteiger partial charge in [-0.3, -0.25) is 14.0 Å². The molecule has 3 aromatic rings. The Morgan fingerprint density at radius 3 is 2.61 bits per heavy atom. The van der Waals surface area contributed by atoms with E-state index in [-0.39, 0.29) is 41.4 Å². The van der Waals surface area contributed by atoms with E-state index < -0.39 is 17.6 Å². The van der Waals surface area contributed by atoms with Crippen LogP contribution in [-0.2, 0) is 0 Å². The first-order valence-electron chi connectivity index (χ1n) is 9.99. The number of aromatic nitrogens is 2. The zero-order chi connectivity index (χ0) is 23.9. The monoisotopic (exact) mass is 578 g/mol. The van der Waals surface area contributed by atoms with Crippen molar-refractivity contribution in [3.63, 3.8) is 0 Å². The third-order valence-electron chi connectivity index (χ3n) is 5.50. The zero-order valence-electron chi connectivity index (χ0n) is 17.4. The molecule has 172 valence electrons. The highest BCUT2D eigenvalue weighted by atomic mass is 79.9. The largest absolute Gasteiger partial charge is 0.351 e. The number of rotatable bonds is 4. The second-order valence-corrected chi connectivity index (χ2v) is 9.72. The van der Waals surface area contributed by atoms with Crippen LogP contribution in [0.4, 0.5) is 10.5 Å². The van der Waals surface area contributed by atoms with Gasteiger partial charge in [0, 0.05) is 28.2 Å². The van der Waals surface area contributed by atoms with Crippen LogP contribution in [0.15, 0.2) is 50.3 Å². The van der Waals surface area contributed by atoms with Crippen molar-refractivity contribution < 1.29 is 14.4 Å². The molecule has 2 aromatic heterocycles. The molecule has 1 aromatic carbocycles. The standard InChI is InChI=1S/C21H20Br2N6O4/c1-10-7-28(19(31)16-6-13-4-12(23)8-29(13)21(33)27-16)9-17(10)25-18(30)14-5-11(22)2-3-15(14)26-20(24)32/h2-6,8,10,17H,7,9H2,1H3,(H,25,30)(H,27,33)(H3,24,26,32)/t10-,17-/m1/s1. The Bertz CT molecular complexity index is 1330. The number of benzene rings is 1. The summed E-state index contributed by atoms with van der Waals surface area (Å²) in [6, 6.07) is 7.11. The van der Waals surface area contributed by atoms with Gasteiger partial charge in [-0.1, -0.05) is 22.9 Å². The fourth-order valence-corrected chi connectivity index (χ4v) is 4.69. The number of aromatic amines is 1. The third kappa shape index (κ3) is 4.81. The summed E-state index contributed by atoms with van der Waals surface area (Å²) in [6.45, 7) is 2.61. The van der Waals surface area contributed by atoms with Gasteiger partial charge in [0.1, 0.15) is 5.69 Å². The van der Waals surface area contributed by atoms with Crippen molar-refractivity contribution in [3.05, 3.63) is 67.2 Å². The quantitative estimate of drug-likeness (QED) is 0.377. The van der Waals surface area contributed by atoms with E-state index in [2.05, 4.69) is 47.5 Å². The average molecular weight is 580 g/mol. The number of fused-ring (bicyclic) bond motifs is 1. The minimum Gasteiger partial charge on any atom is -0.351 e. The minimum atomic E-state index is -0.779. The first-order valence-corrected chi connectivity index (χ1v) is 11.6. The molecule has 1 saturated heterocycles. The van der Waals surface area contributed by atoms with E-state index in [0.29, 0.717) is 16.5 Å². The smallest absolute Gasteiger partial charge is 0.330 e. The summed E-state index contributed by atoms with van der Waals surface area (Å²) in [5, 5.41) is 5.38. The number of primary amides is 1. The summed E-state index contributed by atoms with van der Waals surface area (Å²) in [5.41, 5.74) is 6.09. The maximum atomic E-state index is 13.1. The van der Waals surface area contributed by atoms with Crippen LogP contribution in [0.3, 0.4) is 0 Å². The zero-order valence-corrected chi connectivity index (χ0v) is 20.6. The number of carbonyl (C=O) groups excluding carboxylic acids is 3. The van der Waals surface area contributed by atoms with Crippen LogP contribution in [0.2, 0.25) is 0 Å². The van der Waals surface area contributed by atoms with Gasteiger partial charge in [0.25, 0.3) is 11.8 Å². The molecule has 0 spiro atoms. The molecule has 0 bridgehead atoms. The summed E-state index contributed by atoms with van der Waals surface area (Å²) in [6.07, 6.45) is 1.62. The van der Waals surface area contributed by atoms with Gasteiger partial charge >= 0.3 is 11.7 Å². The number of urea groups is 1. The lowest BCUT2D eigenvalue weighted by Crippen LogP contribution is -2.41. The van der Waals surface area contributed by atoms with Crippen molar-refractivity contribution in [3.8, 4) is 0 Å². The highest BCUT2D eigenvalue weighted by molar-refractivity contribution is 9.10. The number of hydrogen-bond acceptors (Lipinski definition) is 4. The molecule has 12 heteroatoms. The van der Waals surface area contributed by atoms with E-state index in [1.54, 1.807) is 41.4 Å². The van der Waals surface area contributed by atoms with Crippen molar-refractivity contribution in [1.82, 2.24) is 19.6 Å². The Labute approximate surface area is 204 Å². The molecule has 10 nitrogen and oxygen atoms in total. The second kappa shape index (κ2) is 9.02. The van der Waals surface area contributed by atoms with Gasteiger partial charge in [0.15, 0.2) is 0 Å². The summed E-state index contributed by atoms with van der Waals surface area (Å²) >= 11 is 6.65. The number of amides is 4. The molecule has 4 amide bonds. The van der Waals surface area contributed by atoms with Crippen LogP contribution in [0, 0.1) is 5.92 Å². The van der Waals surface area contributed by atoms with E-state index in [4.69, 9.17) is 5.73 Å². The Kier molecular flexibility index (Phi) is 6.30. The first-order chi connectivity index (χ1) is 15.6. The maximum Gasteiger partial charge on any atom is 0.330 e. The molecular formula is C21H20Br2N6O4. The highest BCUT2D eigenvalue weighted by Gasteiger charge is 2.34. The van der Waals surface area contributed by atoms with Crippen molar-refractivity contribution in [2.24, 2.45) is 11.7 Å². The van der Waals surface area contributed by atoms with Gasteiger partial charge in [-0.05, 0) is 52.2 Å². The average Bonchev–Trinajstić information content (AvgIpc) is 3.30. The molecule has 3 heterocycles. The Hall–Kier alpha value is -3.12. The molecule has 33 heavy (non-hydrogen) atoms. The molecule has 0 unspecified atom stereocenters. The van der Waals surface area contributed by atoms with Gasteiger partial charge in [-0.15, -0.1) is 0 Å². The molecule has 0 radical (unpaired) electrons. The molecule has 1 aliphatic rings.